The van der Waals surface area contributed by atoms with Crippen molar-refractivity contribution in [2.24, 2.45) is 0 Å². The van der Waals surface area contributed by atoms with Gasteiger partial charge in [-0.05, 0) is 22.6 Å². The number of aromatic nitrogens is 2. The highest BCUT2D eigenvalue weighted by atomic mass is 16.6. The maximum absolute atomic E-state index is 10.8. The van der Waals surface area contributed by atoms with Gasteiger partial charge in [-0.2, -0.15) is 4.68 Å². The van der Waals surface area contributed by atoms with E-state index in [1.807, 2.05) is 0 Å². The Hall–Kier alpha value is -3.30. The first kappa shape index (κ1) is 14.1. The van der Waals surface area contributed by atoms with Crippen LogP contribution in [-0.2, 0) is 6.54 Å². The molecule has 0 saturated carbocycles. The Morgan fingerprint density at radius 2 is 2.00 bits per heavy atom. The van der Waals surface area contributed by atoms with E-state index in [4.69, 9.17) is 5.11 Å². The van der Waals surface area contributed by atoms with Gasteiger partial charge < -0.3 is 15.2 Å². The number of hydrogen-bond donors (Lipinski definition) is 1. The molecule has 0 aliphatic rings. The average Bonchev–Trinajstić information content (AvgIpc) is 2.83. The Bertz CT molecular complexity index is 707. The monoisotopic (exact) mass is 292 g/mol. The molecule has 0 saturated heterocycles. The lowest BCUT2D eigenvalue weighted by Gasteiger charge is -2.00. The van der Waals surface area contributed by atoms with E-state index in [2.05, 4.69) is 5.10 Å². The van der Waals surface area contributed by atoms with Crippen molar-refractivity contribution in [3.05, 3.63) is 61.8 Å². The van der Waals surface area contributed by atoms with E-state index in [1.165, 1.54) is 18.2 Å². The molecule has 0 atom stereocenters. The summed E-state index contributed by atoms with van der Waals surface area (Å²) < 4.78 is 1.03. The summed E-state index contributed by atoms with van der Waals surface area (Å²) in [7, 11) is 0. The molecular formula is C11H8N4O6. The van der Waals surface area contributed by atoms with Crippen molar-refractivity contribution >= 4 is 17.5 Å². The third-order valence-electron chi connectivity index (χ3n) is 2.61. The van der Waals surface area contributed by atoms with Gasteiger partial charge in [0.25, 0.3) is 0 Å². The number of rotatable bonds is 5. The van der Waals surface area contributed by atoms with Gasteiger partial charge >= 0.3 is 17.5 Å². The maximum atomic E-state index is 10.8. The van der Waals surface area contributed by atoms with Gasteiger partial charge in [0, 0.05) is 0 Å². The maximum Gasteiger partial charge on any atom is 0.467 e. The van der Waals surface area contributed by atoms with E-state index in [9.17, 15) is 25.0 Å². The van der Waals surface area contributed by atoms with Crippen molar-refractivity contribution in [2.75, 3.05) is 0 Å². The number of nitrogens with zero attached hydrogens (tertiary/aromatic N) is 4. The molecule has 0 radical (unpaired) electrons. The fourth-order valence-electron chi connectivity index (χ4n) is 1.73. The molecule has 0 aliphatic heterocycles. The standard InChI is InChI=1S/C11H8N4O6/c16-11(17)8-3-1-2-7(4-8)5-13-6-9(14(18)19)10(12-13)15(20)21/h1-4,6H,5H2,(H,16,17). The zero-order chi connectivity index (χ0) is 15.6. The zero-order valence-corrected chi connectivity index (χ0v) is 10.4. The molecule has 0 aliphatic carbocycles. The van der Waals surface area contributed by atoms with Crippen LogP contribution in [0.15, 0.2) is 30.5 Å². The summed E-state index contributed by atoms with van der Waals surface area (Å²) in [5.41, 5.74) is -0.166. The first-order valence-electron chi connectivity index (χ1n) is 5.57. The second-order valence-corrected chi connectivity index (χ2v) is 4.06. The molecule has 10 nitrogen and oxygen atoms in total. The highest BCUT2D eigenvalue weighted by Crippen LogP contribution is 2.24. The average molecular weight is 292 g/mol. The molecule has 1 heterocycles. The molecular weight excluding hydrogens is 284 g/mol. The molecule has 1 aromatic heterocycles. The van der Waals surface area contributed by atoms with Gasteiger partial charge in [-0.3, -0.25) is 10.1 Å². The lowest BCUT2D eigenvalue weighted by atomic mass is 10.1. The van der Waals surface area contributed by atoms with Crippen LogP contribution in [0.2, 0.25) is 0 Å². The normalized spacial score (nSPS) is 10.3. The molecule has 0 fully saturated rings. The van der Waals surface area contributed by atoms with Crippen LogP contribution < -0.4 is 0 Å². The highest BCUT2D eigenvalue weighted by Gasteiger charge is 2.30. The smallest absolute Gasteiger partial charge is 0.467 e. The molecule has 1 N–H and O–H groups in total. The predicted octanol–water partition coefficient (Wildman–Crippen LogP) is 1.45. The van der Waals surface area contributed by atoms with Crippen LogP contribution in [0.3, 0.4) is 0 Å². The first-order chi connectivity index (χ1) is 9.88. The number of carboxylic acid groups (broad SMARTS) is 1. The first-order valence-corrected chi connectivity index (χ1v) is 5.57. The number of carboxylic acids is 1. The van der Waals surface area contributed by atoms with E-state index in [-0.39, 0.29) is 12.1 Å². The van der Waals surface area contributed by atoms with Crippen LogP contribution in [0.1, 0.15) is 15.9 Å². The van der Waals surface area contributed by atoms with Crippen molar-refractivity contribution in [1.29, 1.82) is 0 Å². The van der Waals surface area contributed by atoms with Crippen LogP contribution in [0, 0.1) is 20.2 Å². The summed E-state index contributed by atoms with van der Waals surface area (Å²) >= 11 is 0. The number of carbonyl (C=O) groups is 1. The Labute approximate surface area is 116 Å². The van der Waals surface area contributed by atoms with Crippen molar-refractivity contribution < 1.29 is 19.7 Å². The summed E-state index contributed by atoms with van der Waals surface area (Å²) in [4.78, 5) is 30.4. The highest BCUT2D eigenvalue weighted by molar-refractivity contribution is 5.87. The summed E-state index contributed by atoms with van der Waals surface area (Å²) in [6.45, 7) is -0.0181. The van der Waals surface area contributed by atoms with Gasteiger partial charge in [0.05, 0.1) is 22.1 Å². The van der Waals surface area contributed by atoms with E-state index in [1.54, 1.807) is 6.07 Å². The van der Waals surface area contributed by atoms with Gasteiger partial charge in [-0.1, -0.05) is 12.1 Å². The molecule has 108 valence electrons. The molecule has 0 unspecified atom stereocenters. The van der Waals surface area contributed by atoms with Crippen LogP contribution >= 0.6 is 0 Å². The largest absolute Gasteiger partial charge is 0.478 e. The van der Waals surface area contributed by atoms with Crippen molar-refractivity contribution in [1.82, 2.24) is 9.78 Å². The van der Waals surface area contributed by atoms with Crippen LogP contribution in [0.5, 0.6) is 0 Å². The quantitative estimate of drug-likeness (QED) is 0.649. The lowest BCUT2D eigenvalue weighted by Crippen LogP contribution is -2.03. The minimum absolute atomic E-state index is 0.0181. The SMILES string of the molecule is O=C(O)c1cccc(Cn2cc([N+](=O)[O-])c([N+](=O)[O-])n2)c1. The van der Waals surface area contributed by atoms with Crippen LogP contribution in [0.25, 0.3) is 0 Å². The summed E-state index contributed by atoms with van der Waals surface area (Å²) in [5.74, 6) is -1.97. The summed E-state index contributed by atoms with van der Waals surface area (Å²) in [6, 6.07) is 5.85. The van der Waals surface area contributed by atoms with Gasteiger partial charge in [0.1, 0.15) is 6.20 Å². The molecule has 0 spiro atoms. The van der Waals surface area contributed by atoms with Gasteiger partial charge in [-0.25, -0.2) is 4.79 Å². The molecule has 1 aromatic carbocycles. The van der Waals surface area contributed by atoms with Gasteiger partial charge in [-0.15, -0.1) is 0 Å². The summed E-state index contributed by atoms with van der Waals surface area (Å²) in [6.07, 6.45) is 0.936. The Morgan fingerprint density at radius 1 is 1.29 bits per heavy atom. The van der Waals surface area contributed by atoms with Crippen molar-refractivity contribution in [2.45, 2.75) is 6.54 Å². The zero-order valence-electron chi connectivity index (χ0n) is 10.4. The molecule has 10 heteroatoms. The third kappa shape index (κ3) is 3.00. The molecule has 2 aromatic rings. The summed E-state index contributed by atoms with van der Waals surface area (Å²) in [5, 5.41) is 33.8. The van der Waals surface area contributed by atoms with Gasteiger partial charge in [0.2, 0.25) is 0 Å². The Kier molecular flexibility index (Phi) is 3.61. The number of aromatic carboxylic acids is 1. The second-order valence-electron chi connectivity index (χ2n) is 4.06. The van der Waals surface area contributed by atoms with Crippen LogP contribution in [-0.4, -0.2) is 30.7 Å². The number of benzene rings is 1. The minimum atomic E-state index is -1.12. The van der Waals surface area contributed by atoms with Gasteiger partial charge in [0.15, 0.2) is 0 Å². The number of hydrogen-bond acceptors (Lipinski definition) is 6. The fraction of sp³-hybridized carbons (Fsp3) is 0.0909. The predicted molar refractivity (Wildman–Crippen MR) is 68.0 cm³/mol. The number of nitro groups is 2. The van der Waals surface area contributed by atoms with E-state index in [0.29, 0.717) is 5.56 Å². The minimum Gasteiger partial charge on any atom is -0.478 e. The topological polar surface area (TPSA) is 141 Å². The van der Waals surface area contributed by atoms with Crippen LogP contribution in [0.4, 0.5) is 11.5 Å². The lowest BCUT2D eigenvalue weighted by molar-refractivity contribution is -0.424. The Balaban J connectivity index is 2.34. The Morgan fingerprint density at radius 3 is 2.52 bits per heavy atom. The third-order valence-corrected chi connectivity index (χ3v) is 2.61. The van der Waals surface area contributed by atoms with E-state index in [0.717, 1.165) is 10.9 Å². The molecule has 21 heavy (non-hydrogen) atoms. The molecule has 0 bridgehead atoms. The van der Waals surface area contributed by atoms with E-state index >= 15 is 0 Å². The molecule has 0 amide bonds. The second kappa shape index (κ2) is 5.36. The molecule has 2 rings (SSSR count). The fourth-order valence-corrected chi connectivity index (χ4v) is 1.73. The van der Waals surface area contributed by atoms with E-state index < -0.39 is 27.3 Å². The van der Waals surface area contributed by atoms with Crippen molar-refractivity contribution in [3.8, 4) is 0 Å². The van der Waals surface area contributed by atoms with Crippen molar-refractivity contribution in [3.63, 3.8) is 0 Å².